The molecule has 1 unspecified atom stereocenters. The molecule has 0 radical (unpaired) electrons. The van der Waals surface area contributed by atoms with Gasteiger partial charge in [-0.25, -0.2) is 9.78 Å². The first kappa shape index (κ1) is 11.0. The molecule has 14 heavy (non-hydrogen) atoms. The summed E-state index contributed by atoms with van der Waals surface area (Å²) in [6.07, 6.45) is 2.06. The molecule has 0 saturated carbocycles. The molecule has 4 nitrogen and oxygen atoms in total. The molecule has 1 atom stereocenters. The minimum absolute atomic E-state index is 0.00652. The number of carbonyl (C=O) groups is 1. The van der Waals surface area contributed by atoms with Crippen LogP contribution in [-0.2, 0) is 0 Å². The zero-order valence-corrected chi connectivity index (χ0v) is 9.10. The van der Waals surface area contributed by atoms with E-state index in [4.69, 9.17) is 10.8 Å². The van der Waals surface area contributed by atoms with Crippen LogP contribution in [0.5, 0.6) is 0 Å². The third kappa shape index (κ3) is 2.23. The average Bonchev–Trinajstić information content (AvgIpc) is 2.48. The fourth-order valence-electron chi connectivity index (χ4n) is 1.27. The number of aromatic nitrogens is 1. The Kier molecular flexibility index (Phi) is 3.46. The maximum absolute atomic E-state index is 10.7. The maximum atomic E-state index is 10.7. The van der Waals surface area contributed by atoms with Crippen LogP contribution in [0.25, 0.3) is 0 Å². The summed E-state index contributed by atoms with van der Waals surface area (Å²) in [6, 6.07) is 0. The van der Waals surface area contributed by atoms with Crippen molar-refractivity contribution in [3.05, 3.63) is 10.7 Å². The monoisotopic (exact) mass is 214 g/mol. The summed E-state index contributed by atoms with van der Waals surface area (Å²) >= 11 is 1.28. The summed E-state index contributed by atoms with van der Waals surface area (Å²) in [4.78, 5) is 14.7. The van der Waals surface area contributed by atoms with Gasteiger partial charge in [0.25, 0.3) is 0 Å². The number of rotatable bonds is 4. The highest BCUT2D eigenvalue weighted by molar-refractivity contribution is 7.16. The number of anilines is 1. The first-order chi connectivity index (χ1) is 6.56. The third-order valence-corrected chi connectivity index (χ3v) is 3.13. The van der Waals surface area contributed by atoms with E-state index in [9.17, 15) is 4.79 Å². The van der Waals surface area contributed by atoms with Crippen molar-refractivity contribution in [2.45, 2.75) is 32.6 Å². The van der Waals surface area contributed by atoms with E-state index in [1.165, 1.54) is 11.3 Å². The molecule has 0 aliphatic heterocycles. The average molecular weight is 214 g/mol. The normalized spacial score (nSPS) is 12.7. The van der Waals surface area contributed by atoms with Gasteiger partial charge < -0.3 is 10.8 Å². The SMILES string of the molecule is CCCC(C)c1nc(C(=O)O)c(N)s1. The molecule has 0 aliphatic rings. The second kappa shape index (κ2) is 4.41. The van der Waals surface area contributed by atoms with E-state index >= 15 is 0 Å². The van der Waals surface area contributed by atoms with E-state index in [-0.39, 0.29) is 5.69 Å². The summed E-state index contributed by atoms with van der Waals surface area (Å²) in [5.41, 5.74) is 5.54. The minimum Gasteiger partial charge on any atom is -0.476 e. The molecule has 1 rings (SSSR count). The van der Waals surface area contributed by atoms with Crippen LogP contribution in [0, 0.1) is 0 Å². The second-order valence-corrected chi connectivity index (χ2v) is 4.32. The van der Waals surface area contributed by atoms with Gasteiger partial charge in [-0.1, -0.05) is 20.3 Å². The number of hydrogen-bond acceptors (Lipinski definition) is 4. The third-order valence-electron chi connectivity index (χ3n) is 2.02. The fourth-order valence-corrected chi connectivity index (χ4v) is 2.18. The van der Waals surface area contributed by atoms with Gasteiger partial charge in [0.1, 0.15) is 5.00 Å². The summed E-state index contributed by atoms with van der Waals surface area (Å²) in [7, 11) is 0. The van der Waals surface area contributed by atoms with Crippen LogP contribution >= 0.6 is 11.3 Å². The minimum atomic E-state index is -1.05. The van der Waals surface area contributed by atoms with Crippen LogP contribution in [0.4, 0.5) is 5.00 Å². The van der Waals surface area contributed by atoms with Crippen LogP contribution < -0.4 is 5.73 Å². The Labute approximate surface area is 86.8 Å². The topological polar surface area (TPSA) is 76.2 Å². The Bertz CT molecular complexity index is 336. The number of hydrogen-bond donors (Lipinski definition) is 2. The van der Waals surface area contributed by atoms with Gasteiger partial charge in [-0.05, 0) is 6.42 Å². The number of carboxylic acid groups (broad SMARTS) is 1. The molecule has 0 spiro atoms. The highest BCUT2D eigenvalue weighted by Crippen LogP contribution is 2.29. The van der Waals surface area contributed by atoms with Gasteiger partial charge in [0.05, 0.1) is 5.01 Å². The lowest BCUT2D eigenvalue weighted by Crippen LogP contribution is -2.01. The van der Waals surface area contributed by atoms with Crippen LogP contribution in [0.15, 0.2) is 0 Å². The predicted octanol–water partition coefficient (Wildman–Crippen LogP) is 2.33. The van der Waals surface area contributed by atoms with Gasteiger partial charge >= 0.3 is 5.97 Å². The van der Waals surface area contributed by atoms with Crippen molar-refractivity contribution >= 4 is 22.3 Å². The first-order valence-corrected chi connectivity index (χ1v) is 5.37. The summed E-state index contributed by atoms with van der Waals surface area (Å²) in [5.74, 6) is -0.755. The molecule has 0 saturated heterocycles. The highest BCUT2D eigenvalue weighted by atomic mass is 32.1. The molecular weight excluding hydrogens is 200 g/mol. The van der Waals surface area contributed by atoms with Crippen molar-refractivity contribution in [3.8, 4) is 0 Å². The molecular formula is C9H14N2O2S. The molecule has 1 heterocycles. The molecule has 0 fully saturated rings. The molecule has 78 valence electrons. The van der Waals surface area contributed by atoms with Gasteiger partial charge in [0, 0.05) is 5.92 Å². The largest absolute Gasteiger partial charge is 0.476 e. The van der Waals surface area contributed by atoms with Crippen molar-refractivity contribution < 1.29 is 9.90 Å². The van der Waals surface area contributed by atoms with Crippen molar-refractivity contribution in [3.63, 3.8) is 0 Å². The van der Waals surface area contributed by atoms with Gasteiger partial charge in [0.15, 0.2) is 5.69 Å². The molecule has 0 bridgehead atoms. The van der Waals surface area contributed by atoms with Gasteiger partial charge in [-0.3, -0.25) is 0 Å². The van der Waals surface area contributed by atoms with Crippen LogP contribution in [0.1, 0.15) is 48.1 Å². The molecule has 0 aliphatic carbocycles. The van der Waals surface area contributed by atoms with Gasteiger partial charge in [-0.2, -0.15) is 0 Å². The number of nitrogens with two attached hydrogens (primary N) is 1. The van der Waals surface area contributed by atoms with Crippen molar-refractivity contribution in [1.29, 1.82) is 0 Å². The first-order valence-electron chi connectivity index (χ1n) is 4.55. The van der Waals surface area contributed by atoms with Crippen LogP contribution in [-0.4, -0.2) is 16.1 Å². The van der Waals surface area contributed by atoms with Crippen molar-refractivity contribution in [2.24, 2.45) is 0 Å². The lowest BCUT2D eigenvalue weighted by Gasteiger charge is -2.03. The molecule has 5 heteroatoms. The lowest BCUT2D eigenvalue weighted by molar-refractivity contribution is 0.0692. The predicted molar refractivity (Wildman–Crippen MR) is 56.8 cm³/mol. The molecule has 1 aromatic rings. The maximum Gasteiger partial charge on any atom is 0.357 e. The van der Waals surface area contributed by atoms with E-state index in [0.717, 1.165) is 17.8 Å². The highest BCUT2D eigenvalue weighted by Gasteiger charge is 2.17. The Balaban J connectivity index is 2.90. The van der Waals surface area contributed by atoms with E-state index in [0.29, 0.717) is 10.9 Å². The Morgan fingerprint density at radius 1 is 1.71 bits per heavy atom. The van der Waals surface area contributed by atoms with Crippen molar-refractivity contribution in [2.75, 3.05) is 5.73 Å². The quantitative estimate of drug-likeness (QED) is 0.806. The van der Waals surface area contributed by atoms with Crippen LogP contribution in [0.3, 0.4) is 0 Å². The van der Waals surface area contributed by atoms with Gasteiger partial charge in [-0.15, -0.1) is 11.3 Å². The second-order valence-electron chi connectivity index (χ2n) is 3.26. The zero-order valence-electron chi connectivity index (χ0n) is 8.28. The van der Waals surface area contributed by atoms with E-state index in [2.05, 4.69) is 11.9 Å². The molecule has 1 aromatic heterocycles. The Morgan fingerprint density at radius 3 is 2.79 bits per heavy atom. The van der Waals surface area contributed by atoms with E-state index < -0.39 is 5.97 Å². The number of nitrogens with zero attached hydrogens (tertiary/aromatic N) is 1. The summed E-state index contributed by atoms with van der Waals surface area (Å²) in [6.45, 7) is 4.12. The van der Waals surface area contributed by atoms with E-state index in [1.807, 2.05) is 6.92 Å². The summed E-state index contributed by atoms with van der Waals surface area (Å²) < 4.78 is 0. The number of thiazole rings is 1. The number of carboxylic acids is 1. The smallest absolute Gasteiger partial charge is 0.357 e. The Hall–Kier alpha value is -1.10. The molecule has 3 N–H and O–H groups in total. The van der Waals surface area contributed by atoms with Crippen molar-refractivity contribution in [1.82, 2.24) is 4.98 Å². The number of aromatic carboxylic acids is 1. The molecule has 0 aromatic carbocycles. The zero-order chi connectivity index (χ0) is 10.7. The summed E-state index contributed by atoms with van der Waals surface area (Å²) in [5, 5.41) is 9.88. The van der Waals surface area contributed by atoms with E-state index in [1.54, 1.807) is 0 Å². The Morgan fingerprint density at radius 2 is 2.36 bits per heavy atom. The fraction of sp³-hybridized carbons (Fsp3) is 0.556. The molecule has 0 amide bonds. The van der Waals surface area contributed by atoms with Crippen LogP contribution in [0.2, 0.25) is 0 Å². The standard InChI is InChI=1S/C9H14N2O2S/c1-3-4-5(2)8-11-6(9(12)13)7(10)14-8/h5H,3-4,10H2,1-2H3,(H,12,13). The number of nitrogen functional groups attached to an aromatic ring is 1. The van der Waals surface area contributed by atoms with Gasteiger partial charge in [0.2, 0.25) is 0 Å². The lowest BCUT2D eigenvalue weighted by atomic mass is 10.1.